The predicted molar refractivity (Wildman–Crippen MR) is 95.5 cm³/mol. The molecule has 24 heavy (non-hydrogen) atoms. The topological polar surface area (TPSA) is 64.6 Å². The third-order valence-electron chi connectivity index (χ3n) is 3.44. The molecule has 0 aliphatic rings. The van der Waals surface area contributed by atoms with Crippen LogP contribution in [-0.4, -0.2) is 25.6 Å². The van der Waals surface area contributed by atoms with E-state index in [0.717, 1.165) is 15.6 Å². The van der Waals surface area contributed by atoms with Crippen molar-refractivity contribution in [3.63, 3.8) is 0 Å². The average molecular weight is 392 g/mol. The number of esters is 1. The monoisotopic (exact) mass is 391 g/mol. The molecule has 0 unspecified atom stereocenters. The minimum Gasteiger partial charge on any atom is -0.496 e. The van der Waals surface area contributed by atoms with Crippen molar-refractivity contribution in [3.05, 3.63) is 57.6 Å². The van der Waals surface area contributed by atoms with Crippen molar-refractivity contribution in [2.45, 2.75) is 13.8 Å². The highest BCUT2D eigenvalue weighted by Gasteiger charge is 2.13. The molecule has 2 rings (SSSR count). The molecule has 0 heterocycles. The molecule has 0 aliphatic heterocycles. The van der Waals surface area contributed by atoms with Gasteiger partial charge in [0.2, 0.25) is 0 Å². The number of methoxy groups -OCH3 is 1. The van der Waals surface area contributed by atoms with Crippen LogP contribution in [0.4, 0.5) is 5.69 Å². The summed E-state index contributed by atoms with van der Waals surface area (Å²) in [6.45, 7) is 3.40. The van der Waals surface area contributed by atoms with Gasteiger partial charge in [0.15, 0.2) is 6.61 Å². The van der Waals surface area contributed by atoms with Gasteiger partial charge in [-0.3, -0.25) is 4.79 Å². The fourth-order valence-electron chi connectivity index (χ4n) is 2.12. The number of rotatable bonds is 5. The van der Waals surface area contributed by atoms with E-state index in [2.05, 4.69) is 21.2 Å². The number of hydrogen-bond donors (Lipinski definition) is 1. The molecule has 0 radical (unpaired) electrons. The lowest BCUT2D eigenvalue weighted by molar-refractivity contribution is -0.119. The molecule has 2 aromatic carbocycles. The third-order valence-corrected chi connectivity index (χ3v) is 3.93. The molecule has 5 nitrogen and oxygen atoms in total. The Hall–Kier alpha value is -2.34. The van der Waals surface area contributed by atoms with Gasteiger partial charge in [-0.25, -0.2) is 4.79 Å². The third kappa shape index (κ3) is 4.58. The Morgan fingerprint density at radius 3 is 2.50 bits per heavy atom. The Morgan fingerprint density at radius 1 is 1.08 bits per heavy atom. The first kappa shape index (κ1) is 18.0. The maximum atomic E-state index is 12.0. The Kier molecular flexibility index (Phi) is 5.98. The molecule has 6 heteroatoms. The van der Waals surface area contributed by atoms with Crippen molar-refractivity contribution >= 4 is 33.5 Å². The lowest BCUT2D eigenvalue weighted by atomic mass is 10.1. The van der Waals surface area contributed by atoms with Crippen molar-refractivity contribution in [3.8, 4) is 5.75 Å². The molecule has 0 bridgehead atoms. The standard InChI is InChI=1S/C18H18BrNO4/c1-11-4-5-13(9-16(11)23-3)18(22)24-10-17(21)20-15-7-6-14(19)8-12(15)2/h4-9H,10H2,1-3H3,(H,20,21). The number of benzene rings is 2. The second-order valence-electron chi connectivity index (χ2n) is 5.27. The summed E-state index contributed by atoms with van der Waals surface area (Å²) in [4.78, 5) is 24.0. The molecule has 0 saturated carbocycles. The minimum atomic E-state index is -0.573. The van der Waals surface area contributed by atoms with Gasteiger partial charge in [0.1, 0.15) is 5.75 Å². The molecule has 0 spiro atoms. The quantitative estimate of drug-likeness (QED) is 0.785. The van der Waals surface area contributed by atoms with Crippen molar-refractivity contribution in [1.82, 2.24) is 0 Å². The molecule has 0 fully saturated rings. The smallest absolute Gasteiger partial charge is 0.338 e. The van der Waals surface area contributed by atoms with E-state index in [9.17, 15) is 9.59 Å². The Balaban J connectivity index is 1.95. The predicted octanol–water partition coefficient (Wildman–Crippen LogP) is 3.87. The normalized spacial score (nSPS) is 10.2. The summed E-state index contributed by atoms with van der Waals surface area (Å²) in [7, 11) is 1.53. The molecule has 126 valence electrons. The van der Waals surface area contributed by atoms with E-state index in [4.69, 9.17) is 9.47 Å². The van der Waals surface area contributed by atoms with Gasteiger partial charge in [-0.1, -0.05) is 22.0 Å². The minimum absolute atomic E-state index is 0.338. The maximum absolute atomic E-state index is 12.0. The van der Waals surface area contributed by atoms with Crippen LogP contribution < -0.4 is 10.1 Å². The van der Waals surface area contributed by atoms with E-state index >= 15 is 0 Å². The maximum Gasteiger partial charge on any atom is 0.338 e. The van der Waals surface area contributed by atoms with Gasteiger partial charge in [0.25, 0.3) is 5.91 Å². The van der Waals surface area contributed by atoms with Gasteiger partial charge < -0.3 is 14.8 Å². The van der Waals surface area contributed by atoms with Gasteiger partial charge >= 0.3 is 5.97 Å². The molecule has 0 saturated heterocycles. The van der Waals surface area contributed by atoms with Crippen LogP contribution in [0.25, 0.3) is 0 Å². The number of halogens is 1. The van der Waals surface area contributed by atoms with Crippen LogP contribution in [0.5, 0.6) is 5.75 Å². The van der Waals surface area contributed by atoms with E-state index in [0.29, 0.717) is 17.0 Å². The molecule has 1 N–H and O–H groups in total. The fraction of sp³-hybridized carbons (Fsp3) is 0.222. The number of carbonyl (C=O) groups excluding carboxylic acids is 2. The lowest BCUT2D eigenvalue weighted by Gasteiger charge is -2.10. The number of anilines is 1. The summed E-state index contributed by atoms with van der Waals surface area (Å²) in [5.41, 5.74) is 2.84. The van der Waals surface area contributed by atoms with Crippen LogP contribution in [-0.2, 0) is 9.53 Å². The summed E-state index contributed by atoms with van der Waals surface area (Å²) in [5, 5.41) is 2.71. The van der Waals surface area contributed by atoms with E-state index in [1.54, 1.807) is 24.3 Å². The molecule has 0 aliphatic carbocycles. The van der Waals surface area contributed by atoms with Crippen molar-refractivity contribution in [2.75, 3.05) is 19.0 Å². The summed E-state index contributed by atoms with van der Waals surface area (Å²) < 4.78 is 11.2. The van der Waals surface area contributed by atoms with Gasteiger partial charge in [-0.05, 0) is 55.3 Å². The first-order chi connectivity index (χ1) is 11.4. The average Bonchev–Trinajstić information content (AvgIpc) is 2.55. The van der Waals surface area contributed by atoms with Crippen LogP contribution in [0.15, 0.2) is 40.9 Å². The first-order valence-corrected chi connectivity index (χ1v) is 8.08. The van der Waals surface area contributed by atoms with Crippen LogP contribution in [0.2, 0.25) is 0 Å². The molecule has 0 atom stereocenters. The Labute approximate surface area is 149 Å². The number of nitrogens with one attached hydrogen (secondary N) is 1. The summed E-state index contributed by atoms with van der Waals surface area (Å²) >= 11 is 3.36. The van der Waals surface area contributed by atoms with Crippen LogP contribution in [0.3, 0.4) is 0 Å². The highest BCUT2D eigenvalue weighted by molar-refractivity contribution is 9.10. The van der Waals surface area contributed by atoms with Crippen molar-refractivity contribution in [1.29, 1.82) is 0 Å². The molecule has 1 amide bonds. The number of amides is 1. The zero-order valence-corrected chi connectivity index (χ0v) is 15.3. The van der Waals surface area contributed by atoms with Crippen LogP contribution in [0, 0.1) is 13.8 Å². The molecule has 2 aromatic rings. The number of hydrogen-bond acceptors (Lipinski definition) is 4. The van der Waals surface area contributed by atoms with Crippen LogP contribution >= 0.6 is 15.9 Å². The van der Waals surface area contributed by atoms with E-state index in [-0.39, 0.29) is 6.61 Å². The molecular weight excluding hydrogens is 374 g/mol. The van der Waals surface area contributed by atoms with Crippen molar-refractivity contribution < 1.29 is 19.1 Å². The van der Waals surface area contributed by atoms with E-state index in [1.807, 2.05) is 26.0 Å². The van der Waals surface area contributed by atoms with Gasteiger partial charge in [0, 0.05) is 10.2 Å². The Bertz CT molecular complexity index is 774. The van der Waals surface area contributed by atoms with Gasteiger partial charge in [0.05, 0.1) is 12.7 Å². The van der Waals surface area contributed by atoms with E-state index < -0.39 is 11.9 Å². The Morgan fingerprint density at radius 2 is 1.83 bits per heavy atom. The molecular formula is C18H18BrNO4. The van der Waals surface area contributed by atoms with E-state index in [1.165, 1.54) is 7.11 Å². The second kappa shape index (κ2) is 7.97. The van der Waals surface area contributed by atoms with Crippen molar-refractivity contribution in [2.24, 2.45) is 0 Å². The summed E-state index contributed by atoms with van der Waals surface area (Å²) in [6.07, 6.45) is 0. The fourth-order valence-corrected chi connectivity index (χ4v) is 2.59. The summed E-state index contributed by atoms with van der Waals surface area (Å²) in [6, 6.07) is 10.5. The highest BCUT2D eigenvalue weighted by Crippen LogP contribution is 2.21. The lowest BCUT2D eigenvalue weighted by Crippen LogP contribution is -2.21. The van der Waals surface area contributed by atoms with Crippen LogP contribution in [0.1, 0.15) is 21.5 Å². The zero-order valence-electron chi connectivity index (χ0n) is 13.7. The number of ether oxygens (including phenoxy) is 2. The second-order valence-corrected chi connectivity index (χ2v) is 6.18. The highest BCUT2D eigenvalue weighted by atomic mass is 79.9. The van der Waals surface area contributed by atoms with Gasteiger partial charge in [-0.2, -0.15) is 0 Å². The SMILES string of the molecule is COc1cc(C(=O)OCC(=O)Nc2ccc(Br)cc2C)ccc1C. The molecule has 0 aromatic heterocycles. The number of carbonyl (C=O) groups is 2. The zero-order chi connectivity index (χ0) is 17.7. The summed E-state index contributed by atoms with van der Waals surface area (Å²) in [5.74, 6) is -0.372. The first-order valence-electron chi connectivity index (χ1n) is 7.28. The van der Waals surface area contributed by atoms with Gasteiger partial charge in [-0.15, -0.1) is 0 Å². The number of aryl methyl sites for hydroxylation is 2. The largest absolute Gasteiger partial charge is 0.496 e.